The zero-order valence-electron chi connectivity index (χ0n) is 14.4. The number of halogens is 2. The van der Waals surface area contributed by atoms with Crippen LogP contribution in [-0.4, -0.2) is 44.4 Å². The van der Waals surface area contributed by atoms with Crippen LogP contribution in [0, 0.1) is 17.2 Å². The highest BCUT2D eigenvalue weighted by Crippen LogP contribution is 2.53. The van der Waals surface area contributed by atoms with Crippen LogP contribution in [0.4, 0.5) is 4.39 Å². The van der Waals surface area contributed by atoms with Gasteiger partial charge in [-0.2, -0.15) is 5.10 Å². The number of hydrogen-bond donors (Lipinski definition) is 1. The van der Waals surface area contributed by atoms with Gasteiger partial charge in [0.1, 0.15) is 29.5 Å². The summed E-state index contributed by atoms with van der Waals surface area (Å²) in [5.41, 5.74) is -1.83. The van der Waals surface area contributed by atoms with E-state index in [1.165, 1.54) is 36.6 Å². The number of ether oxygens (including phenoxy) is 1. The summed E-state index contributed by atoms with van der Waals surface area (Å²) in [4.78, 5) is 16.5. The molecule has 0 bridgehead atoms. The van der Waals surface area contributed by atoms with E-state index >= 15 is 0 Å². The van der Waals surface area contributed by atoms with Crippen molar-refractivity contribution in [3.63, 3.8) is 0 Å². The molecule has 3 unspecified atom stereocenters. The highest BCUT2D eigenvalue weighted by Gasteiger charge is 2.64. The second-order valence-electron chi connectivity index (χ2n) is 6.79. The van der Waals surface area contributed by atoms with E-state index in [-0.39, 0.29) is 24.2 Å². The number of nitrogens with zero attached hydrogens (tertiary/aromatic N) is 3. The second-order valence-corrected chi connectivity index (χ2v) is 7.06. The zero-order valence-corrected chi connectivity index (χ0v) is 15.2. The number of benzene rings is 1. The van der Waals surface area contributed by atoms with Crippen molar-refractivity contribution < 1.29 is 19.0 Å². The van der Waals surface area contributed by atoms with Gasteiger partial charge in [-0.25, -0.2) is 9.37 Å². The zero-order chi connectivity index (χ0) is 18.8. The molecule has 1 N–H and O–H groups in total. The molecule has 1 aliphatic carbocycles. The Hall–Kier alpha value is -1.99. The van der Waals surface area contributed by atoms with E-state index in [1.807, 2.05) is 0 Å². The number of methoxy groups -OCH3 is 1. The largest absolute Gasteiger partial charge is 0.468 e. The van der Waals surface area contributed by atoms with Crippen molar-refractivity contribution >= 4 is 17.6 Å². The first kappa shape index (κ1) is 18.8. The Labute approximate surface area is 155 Å². The highest BCUT2D eigenvalue weighted by atomic mass is 35.5. The summed E-state index contributed by atoms with van der Waals surface area (Å²) < 4.78 is 19.7. The smallest absolute Gasteiger partial charge is 0.316 e. The third-order valence-corrected chi connectivity index (χ3v) is 5.95. The summed E-state index contributed by atoms with van der Waals surface area (Å²) >= 11 is 6.20. The van der Waals surface area contributed by atoms with Crippen LogP contribution in [0.15, 0.2) is 36.9 Å². The van der Waals surface area contributed by atoms with E-state index in [9.17, 15) is 14.3 Å². The molecule has 0 saturated heterocycles. The molecule has 1 aromatic heterocycles. The third kappa shape index (κ3) is 3.10. The van der Waals surface area contributed by atoms with Gasteiger partial charge in [0.2, 0.25) is 0 Å². The molecule has 2 aromatic rings. The molecule has 0 spiro atoms. The van der Waals surface area contributed by atoms with Gasteiger partial charge in [0.05, 0.1) is 13.7 Å². The van der Waals surface area contributed by atoms with Gasteiger partial charge in [0, 0.05) is 5.88 Å². The molecule has 1 saturated carbocycles. The number of aromatic nitrogens is 3. The van der Waals surface area contributed by atoms with Gasteiger partial charge < -0.3 is 9.84 Å². The lowest BCUT2D eigenvalue weighted by molar-refractivity contribution is -0.172. The molecule has 1 aliphatic rings. The third-order valence-electron chi connectivity index (χ3n) is 5.49. The molecule has 8 heteroatoms. The molecule has 140 valence electrons. The predicted molar refractivity (Wildman–Crippen MR) is 93.0 cm³/mol. The first-order chi connectivity index (χ1) is 12.4. The van der Waals surface area contributed by atoms with E-state index in [0.717, 1.165) is 5.56 Å². The number of aliphatic hydroxyl groups is 1. The van der Waals surface area contributed by atoms with Gasteiger partial charge in [-0.15, -0.1) is 11.6 Å². The van der Waals surface area contributed by atoms with Gasteiger partial charge in [0.15, 0.2) is 0 Å². The monoisotopic (exact) mass is 381 g/mol. The molecule has 26 heavy (non-hydrogen) atoms. The fraction of sp³-hybridized carbons (Fsp3) is 0.500. The van der Waals surface area contributed by atoms with Crippen molar-refractivity contribution in [1.29, 1.82) is 0 Å². The van der Waals surface area contributed by atoms with Crippen LogP contribution in [0.2, 0.25) is 0 Å². The summed E-state index contributed by atoms with van der Waals surface area (Å²) in [7, 11) is 1.29. The molecule has 1 aromatic carbocycles. The molecule has 1 fully saturated rings. The lowest BCUT2D eigenvalue weighted by atomic mass is 9.71. The number of carbonyl (C=O) groups is 1. The highest BCUT2D eigenvalue weighted by molar-refractivity contribution is 6.20. The molecule has 6 nitrogen and oxygen atoms in total. The minimum atomic E-state index is -1.47. The first-order valence-electron chi connectivity index (χ1n) is 8.39. The maximum Gasteiger partial charge on any atom is 0.316 e. The Balaban J connectivity index is 1.97. The van der Waals surface area contributed by atoms with E-state index in [0.29, 0.717) is 19.3 Å². The molecule has 0 aliphatic heterocycles. The SMILES string of the molecule is COC(=O)C1(CCl)CCC(Cc2ccc(F)cc2)C1(O)Cn1cncn1. The Morgan fingerprint density at radius 1 is 1.46 bits per heavy atom. The van der Waals surface area contributed by atoms with E-state index < -0.39 is 17.0 Å². The van der Waals surface area contributed by atoms with Crippen LogP contribution in [-0.2, 0) is 22.5 Å². The van der Waals surface area contributed by atoms with Crippen LogP contribution in [0.25, 0.3) is 0 Å². The maximum absolute atomic E-state index is 13.2. The Morgan fingerprint density at radius 2 is 2.19 bits per heavy atom. The van der Waals surface area contributed by atoms with Crippen molar-refractivity contribution in [3.05, 3.63) is 48.3 Å². The summed E-state index contributed by atoms with van der Waals surface area (Å²) in [6, 6.07) is 6.14. The van der Waals surface area contributed by atoms with E-state index in [1.54, 1.807) is 12.1 Å². The lowest BCUT2D eigenvalue weighted by Crippen LogP contribution is -2.57. The van der Waals surface area contributed by atoms with Gasteiger partial charge in [-0.1, -0.05) is 12.1 Å². The number of alkyl halides is 1. The molecule has 3 rings (SSSR count). The topological polar surface area (TPSA) is 77.2 Å². The van der Waals surface area contributed by atoms with Crippen LogP contribution >= 0.6 is 11.6 Å². The quantitative estimate of drug-likeness (QED) is 0.613. The first-order valence-corrected chi connectivity index (χ1v) is 8.92. The molecule has 1 heterocycles. The van der Waals surface area contributed by atoms with Crippen molar-refractivity contribution in [3.8, 4) is 0 Å². The standard InChI is InChI=1S/C18H21ClFN3O3/c1-26-16(24)17(9-19)7-6-14(8-13-2-4-15(20)5-3-13)18(17,25)10-23-12-21-11-22-23/h2-5,11-12,14,25H,6-10H2,1H3. The van der Waals surface area contributed by atoms with Gasteiger partial charge in [-0.05, 0) is 42.9 Å². The summed E-state index contributed by atoms with van der Waals surface area (Å²) in [5.74, 6) is -1.18. The maximum atomic E-state index is 13.2. The van der Waals surface area contributed by atoms with Crippen molar-refractivity contribution in [2.45, 2.75) is 31.4 Å². The van der Waals surface area contributed by atoms with Crippen LogP contribution < -0.4 is 0 Å². The van der Waals surface area contributed by atoms with Crippen molar-refractivity contribution in [1.82, 2.24) is 14.8 Å². The second kappa shape index (κ2) is 7.32. The number of hydrogen-bond acceptors (Lipinski definition) is 5. The summed E-state index contributed by atoms with van der Waals surface area (Å²) in [6.45, 7) is 0.0701. The van der Waals surface area contributed by atoms with Crippen molar-refractivity contribution in [2.75, 3.05) is 13.0 Å². The predicted octanol–water partition coefficient (Wildman–Crippen LogP) is 2.20. The average molecular weight is 382 g/mol. The number of rotatable bonds is 6. The Bertz CT molecular complexity index is 756. The van der Waals surface area contributed by atoms with Gasteiger partial charge in [-0.3, -0.25) is 9.48 Å². The van der Waals surface area contributed by atoms with Crippen LogP contribution in [0.1, 0.15) is 18.4 Å². The molecule has 3 atom stereocenters. The molecular weight excluding hydrogens is 361 g/mol. The fourth-order valence-electron chi connectivity index (χ4n) is 4.00. The van der Waals surface area contributed by atoms with E-state index in [2.05, 4.69) is 10.1 Å². The molecular formula is C18H21ClFN3O3. The fourth-order valence-corrected chi connectivity index (χ4v) is 4.47. The van der Waals surface area contributed by atoms with Crippen LogP contribution in [0.3, 0.4) is 0 Å². The van der Waals surface area contributed by atoms with E-state index in [4.69, 9.17) is 16.3 Å². The normalized spacial score (nSPS) is 28.2. The minimum absolute atomic E-state index is 0.0647. The molecule has 0 amide bonds. The minimum Gasteiger partial charge on any atom is -0.468 e. The van der Waals surface area contributed by atoms with Crippen LogP contribution in [0.5, 0.6) is 0 Å². The number of carbonyl (C=O) groups excluding carboxylic acids is 1. The Kier molecular flexibility index (Phi) is 5.29. The summed E-state index contributed by atoms with van der Waals surface area (Å²) in [6.07, 6.45) is 4.33. The number of esters is 1. The van der Waals surface area contributed by atoms with Gasteiger partial charge >= 0.3 is 5.97 Å². The average Bonchev–Trinajstić information content (AvgIpc) is 3.24. The van der Waals surface area contributed by atoms with Gasteiger partial charge in [0.25, 0.3) is 0 Å². The summed E-state index contributed by atoms with van der Waals surface area (Å²) in [5, 5.41) is 15.8. The molecule has 0 radical (unpaired) electrons. The Morgan fingerprint density at radius 3 is 2.77 bits per heavy atom. The van der Waals surface area contributed by atoms with Crippen molar-refractivity contribution in [2.24, 2.45) is 11.3 Å². The lowest BCUT2D eigenvalue weighted by Gasteiger charge is -2.41.